The highest BCUT2D eigenvalue weighted by Crippen LogP contribution is 2.23. The molecule has 1 saturated heterocycles. The van der Waals surface area contributed by atoms with Gasteiger partial charge >= 0.3 is 0 Å². The molecule has 1 fully saturated rings. The molecule has 23 heavy (non-hydrogen) atoms. The van der Waals surface area contributed by atoms with Crippen LogP contribution in [0.25, 0.3) is 0 Å². The number of halogens is 2. The second-order valence-corrected chi connectivity index (χ2v) is 6.41. The van der Waals surface area contributed by atoms with Crippen LogP contribution < -0.4 is 10.1 Å². The summed E-state index contributed by atoms with van der Waals surface area (Å²) in [4.78, 5) is 0. The third kappa shape index (κ3) is 4.77. The monoisotopic (exact) mass is 351 g/mol. The number of nitrogens with one attached hydrogen (secondary N) is 1. The number of rotatable bonds is 6. The maximum absolute atomic E-state index is 6.19. The zero-order valence-electron chi connectivity index (χ0n) is 12.7. The Morgan fingerprint density at radius 2 is 2.09 bits per heavy atom. The van der Waals surface area contributed by atoms with Crippen molar-refractivity contribution in [1.82, 2.24) is 0 Å². The normalized spacial score (nSPS) is 17.2. The Morgan fingerprint density at radius 3 is 2.87 bits per heavy atom. The summed E-state index contributed by atoms with van der Waals surface area (Å²) in [5.74, 6) is 0.840. The Hall–Kier alpha value is -1.42. The van der Waals surface area contributed by atoms with E-state index in [1.54, 1.807) is 6.07 Å². The lowest BCUT2D eigenvalue weighted by atomic mass is 10.2. The van der Waals surface area contributed by atoms with Crippen molar-refractivity contribution < 1.29 is 9.47 Å². The van der Waals surface area contributed by atoms with Crippen molar-refractivity contribution in [3.63, 3.8) is 0 Å². The fourth-order valence-electron chi connectivity index (χ4n) is 2.52. The van der Waals surface area contributed by atoms with Crippen molar-refractivity contribution in [2.24, 2.45) is 0 Å². The molecular formula is C18H19Cl2NO2. The predicted octanol–water partition coefficient (Wildman–Crippen LogP) is 5.16. The van der Waals surface area contributed by atoms with Crippen molar-refractivity contribution in [1.29, 1.82) is 0 Å². The maximum atomic E-state index is 6.19. The first kappa shape index (κ1) is 16.4. The largest absolute Gasteiger partial charge is 0.491 e. The summed E-state index contributed by atoms with van der Waals surface area (Å²) >= 11 is 12.1. The molecule has 0 aromatic heterocycles. The van der Waals surface area contributed by atoms with Gasteiger partial charge in [0, 0.05) is 35.0 Å². The van der Waals surface area contributed by atoms with E-state index in [0.29, 0.717) is 23.2 Å². The lowest BCUT2D eigenvalue weighted by Crippen LogP contribution is -2.16. The van der Waals surface area contributed by atoms with Gasteiger partial charge in [-0.1, -0.05) is 35.3 Å². The van der Waals surface area contributed by atoms with Crippen molar-refractivity contribution in [2.45, 2.75) is 25.5 Å². The van der Waals surface area contributed by atoms with Crippen LogP contribution in [0.2, 0.25) is 10.0 Å². The summed E-state index contributed by atoms with van der Waals surface area (Å²) in [5.41, 5.74) is 1.99. The van der Waals surface area contributed by atoms with E-state index in [-0.39, 0.29) is 6.10 Å². The van der Waals surface area contributed by atoms with Crippen molar-refractivity contribution in [2.75, 3.05) is 18.5 Å². The van der Waals surface area contributed by atoms with Gasteiger partial charge in [0.15, 0.2) is 0 Å². The van der Waals surface area contributed by atoms with Crippen LogP contribution in [0.4, 0.5) is 5.69 Å². The fraction of sp³-hybridized carbons (Fsp3) is 0.333. The number of hydrogen-bond donors (Lipinski definition) is 1. The first-order chi connectivity index (χ1) is 11.2. The molecule has 1 N–H and O–H groups in total. The minimum absolute atomic E-state index is 0.222. The van der Waals surface area contributed by atoms with E-state index >= 15 is 0 Å². The van der Waals surface area contributed by atoms with Gasteiger partial charge in [0.05, 0.1) is 6.10 Å². The van der Waals surface area contributed by atoms with E-state index in [1.165, 1.54) is 0 Å². The molecule has 0 aliphatic carbocycles. The molecule has 3 rings (SSSR count). The van der Waals surface area contributed by atoms with Gasteiger partial charge < -0.3 is 14.8 Å². The summed E-state index contributed by atoms with van der Waals surface area (Å²) < 4.78 is 11.4. The standard InChI is InChI=1S/C18H19Cl2NO2/c19-14-7-6-13(18(20)9-14)11-21-15-3-1-4-16(10-15)23-12-17-5-2-8-22-17/h1,3-4,6-7,9-10,17,21H,2,5,8,11-12H2. The van der Waals surface area contributed by atoms with E-state index < -0.39 is 0 Å². The molecule has 2 aromatic rings. The summed E-state index contributed by atoms with van der Waals surface area (Å²) in [7, 11) is 0. The number of anilines is 1. The van der Waals surface area contributed by atoms with Crippen LogP contribution in [0.15, 0.2) is 42.5 Å². The Balaban J connectivity index is 1.56. The number of benzene rings is 2. The molecule has 1 atom stereocenters. The first-order valence-corrected chi connectivity index (χ1v) is 8.48. The Bertz CT molecular complexity index is 657. The van der Waals surface area contributed by atoms with Crippen molar-refractivity contribution in [3.8, 4) is 5.75 Å². The SMILES string of the molecule is Clc1ccc(CNc2cccc(OCC3CCCO3)c2)c(Cl)c1. The summed E-state index contributed by atoms with van der Waals surface area (Å²) in [6, 6.07) is 13.4. The number of ether oxygens (including phenoxy) is 2. The highest BCUT2D eigenvalue weighted by atomic mass is 35.5. The molecule has 2 aromatic carbocycles. The molecule has 1 unspecified atom stereocenters. The Kier molecular flexibility index (Phi) is 5.65. The van der Waals surface area contributed by atoms with Gasteiger partial charge in [-0.25, -0.2) is 0 Å². The molecule has 0 saturated carbocycles. The van der Waals surface area contributed by atoms with Crippen LogP contribution in [-0.4, -0.2) is 19.3 Å². The van der Waals surface area contributed by atoms with Crippen LogP contribution in [0.5, 0.6) is 5.75 Å². The zero-order chi connectivity index (χ0) is 16.1. The quantitative estimate of drug-likeness (QED) is 0.779. The maximum Gasteiger partial charge on any atom is 0.121 e. The van der Waals surface area contributed by atoms with Gasteiger partial charge in [-0.3, -0.25) is 0 Å². The molecule has 1 heterocycles. The van der Waals surface area contributed by atoms with Gasteiger partial charge in [-0.2, -0.15) is 0 Å². The van der Waals surface area contributed by atoms with Crippen molar-refractivity contribution >= 4 is 28.9 Å². The topological polar surface area (TPSA) is 30.5 Å². The number of hydrogen-bond acceptors (Lipinski definition) is 3. The minimum atomic E-state index is 0.222. The molecule has 5 heteroatoms. The lowest BCUT2D eigenvalue weighted by molar-refractivity contribution is 0.0680. The molecule has 1 aliphatic heterocycles. The van der Waals surface area contributed by atoms with Gasteiger partial charge in [-0.05, 0) is 42.7 Å². The second kappa shape index (κ2) is 7.91. The van der Waals surface area contributed by atoms with Gasteiger partial charge in [0.25, 0.3) is 0 Å². The highest BCUT2D eigenvalue weighted by molar-refractivity contribution is 6.35. The third-order valence-corrected chi connectivity index (χ3v) is 4.38. The third-order valence-electron chi connectivity index (χ3n) is 3.79. The zero-order valence-corrected chi connectivity index (χ0v) is 14.2. The first-order valence-electron chi connectivity index (χ1n) is 7.73. The summed E-state index contributed by atoms with van der Waals surface area (Å²) in [6.07, 6.45) is 2.42. The minimum Gasteiger partial charge on any atom is -0.491 e. The Labute approximate surface area is 146 Å². The smallest absolute Gasteiger partial charge is 0.121 e. The molecule has 0 bridgehead atoms. The molecule has 0 amide bonds. The van der Waals surface area contributed by atoms with E-state index in [0.717, 1.165) is 36.4 Å². The molecule has 3 nitrogen and oxygen atoms in total. The molecule has 0 spiro atoms. The highest BCUT2D eigenvalue weighted by Gasteiger charge is 2.15. The lowest BCUT2D eigenvalue weighted by Gasteiger charge is -2.13. The fourth-order valence-corrected chi connectivity index (χ4v) is 3.00. The van der Waals surface area contributed by atoms with Gasteiger partial charge in [0.2, 0.25) is 0 Å². The molecule has 1 aliphatic rings. The van der Waals surface area contributed by atoms with Crippen LogP contribution in [-0.2, 0) is 11.3 Å². The average molecular weight is 352 g/mol. The van der Waals surface area contributed by atoms with Crippen LogP contribution >= 0.6 is 23.2 Å². The van der Waals surface area contributed by atoms with E-state index in [4.69, 9.17) is 32.7 Å². The van der Waals surface area contributed by atoms with E-state index in [1.807, 2.05) is 36.4 Å². The van der Waals surface area contributed by atoms with Gasteiger partial charge in [-0.15, -0.1) is 0 Å². The van der Waals surface area contributed by atoms with E-state index in [2.05, 4.69) is 5.32 Å². The second-order valence-electron chi connectivity index (χ2n) is 5.56. The van der Waals surface area contributed by atoms with E-state index in [9.17, 15) is 0 Å². The van der Waals surface area contributed by atoms with Crippen LogP contribution in [0.3, 0.4) is 0 Å². The molecule has 122 valence electrons. The summed E-state index contributed by atoms with van der Waals surface area (Å²) in [5, 5.41) is 4.66. The summed E-state index contributed by atoms with van der Waals surface area (Å²) in [6.45, 7) is 2.08. The average Bonchev–Trinajstić information content (AvgIpc) is 3.06. The Morgan fingerprint density at radius 1 is 1.17 bits per heavy atom. The van der Waals surface area contributed by atoms with Crippen LogP contribution in [0.1, 0.15) is 18.4 Å². The van der Waals surface area contributed by atoms with Crippen LogP contribution in [0, 0.1) is 0 Å². The van der Waals surface area contributed by atoms with Gasteiger partial charge in [0.1, 0.15) is 12.4 Å². The van der Waals surface area contributed by atoms with Crippen molar-refractivity contribution in [3.05, 3.63) is 58.1 Å². The predicted molar refractivity (Wildman–Crippen MR) is 94.7 cm³/mol. The molecular weight excluding hydrogens is 333 g/mol. The molecule has 0 radical (unpaired) electrons.